The molecule has 33 heavy (non-hydrogen) atoms. The Morgan fingerprint density at radius 3 is 2.55 bits per heavy atom. The van der Waals surface area contributed by atoms with Crippen molar-refractivity contribution in [3.63, 3.8) is 0 Å². The zero-order valence-corrected chi connectivity index (χ0v) is 19.7. The molecule has 0 aliphatic carbocycles. The third-order valence-corrected chi connectivity index (χ3v) is 6.83. The third kappa shape index (κ3) is 5.42. The minimum Gasteiger partial charge on any atom is -0.342 e. The van der Waals surface area contributed by atoms with Crippen molar-refractivity contribution in [1.82, 2.24) is 24.6 Å². The van der Waals surface area contributed by atoms with Crippen LogP contribution >= 0.6 is 11.8 Å². The highest BCUT2D eigenvalue weighted by Crippen LogP contribution is 2.27. The topological polar surface area (TPSA) is 93.0 Å². The fourth-order valence-corrected chi connectivity index (χ4v) is 4.88. The Bertz CT molecular complexity index is 1110. The molecule has 1 N–H and O–H groups in total. The predicted octanol–water partition coefficient (Wildman–Crippen LogP) is 3.64. The van der Waals surface area contributed by atoms with Gasteiger partial charge in [0.25, 0.3) is 0 Å². The van der Waals surface area contributed by atoms with Crippen molar-refractivity contribution in [3.8, 4) is 11.4 Å². The standard InChI is InChI=1S/C24H28N6O2S/c1-3-30-22(19-9-5-4-8-17(19)2)27-28-24(30)33-16-21(31)29-14-11-18(12-15-29)23(32)26-20-10-6-7-13-25-20/h4-10,13,18H,3,11-12,14-16H2,1-2H3,(H,25,26,32). The second-order valence-electron chi connectivity index (χ2n) is 8.01. The Morgan fingerprint density at radius 1 is 1.09 bits per heavy atom. The van der Waals surface area contributed by atoms with Gasteiger partial charge in [0.2, 0.25) is 11.8 Å². The van der Waals surface area contributed by atoms with Gasteiger partial charge in [-0.3, -0.25) is 9.59 Å². The molecule has 2 amide bonds. The summed E-state index contributed by atoms with van der Waals surface area (Å²) < 4.78 is 2.05. The van der Waals surface area contributed by atoms with Crippen molar-refractivity contribution in [2.75, 3.05) is 24.2 Å². The van der Waals surface area contributed by atoms with Crippen LogP contribution in [0.3, 0.4) is 0 Å². The van der Waals surface area contributed by atoms with E-state index in [1.165, 1.54) is 11.8 Å². The van der Waals surface area contributed by atoms with Crippen LogP contribution in [0.5, 0.6) is 0 Å². The summed E-state index contributed by atoms with van der Waals surface area (Å²) in [5, 5.41) is 12.3. The molecule has 172 valence electrons. The molecular formula is C24H28N6O2S. The average Bonchev–Trinajstić information content (AvgIpc) is 3.26. The molecule has 1 aliphatic heterocycles. The molecule has 9 heteroatoms. The maximum atomic E-state index is 12.8. The molecule has 0 unspecified atom stereocenters. The highest BCUT2D eigenvalue weighted by atomic mass is 32.2. The first kappa shape index (κ1) is 23.0. The fourth-order valence-electron chi connectivity index (χ4n) is 3.98. The molecule has 1 aliphatic rings. The highest BCUT2D eigenvalue weighted by molar-refractivity contribution is 7.99. The molecule has 8 nitrogen and oxygen atoms in total. The second-order valence-corrected chi connectivity index (χ2v) is 8.96. The van der Waals surface area contributed by atoms with E-state index >= 15 is 0 Å². The number of likely N-dealkylation sites (tertiary alicyclic amines) is 1. The number of hydrogen-bond acceptors (Lipinski definition) is 6. The average molecular weight is 465 g/mol. The number of anilines is 1. The largest absolute Gasteiger partial charge is 0.342 e. The van der Waals surface area contributed by atoms with Crippen LogP contribution in [0.4, 0.5) is 5.82 Å². The van der Waals surface area contributed by atoms with E-state index in [-0.39, 0.29) is 17.7 Å². The van der Waals surface area contributed by atoms with Crippen LogP contribution in [0.25, 0.3) is 11.4 Å². The number of hydrogen-bond donors (Lipinski definition) is 1. The third-order valence-electron chi connectivity index (χ3n) is 5.88. The summed E-state index contributed by atoms with van der Waals surface area (Å²) in [7, 11) is 0. The van der Waals surface area contributed by atoms with E-state index in [1.54, 1.807) is 12.3 Å². The van der Waals surface area contributed by atoms with Gasteiger partial charge in [-0.05, 0) is 44.4 Å². The van der Waals surface area contributed by atoms with Crippen LogP contribution in [-0.2, 0) is 16.1 Å². The molecule has 3 aromatic rings. The fraction of sp³-hybridized carbons (Fsp3) is 0.375. The zero-order chi connectivity index (χ0) is 23.2. The molecule has 1 fully saturated rings. The van der Waals surface area contributed by atoms with Gasteiger partial charge in [-0.1, -0.05) is 42.1 Å². The van der Waals surface area contributed by atoms with E-state index in [0.29, 0.717) is 37.5 Å². The Labute approximate surface area is 197 Å². The van der Waals surface area contributed by atoms with Gasteiger partial charge in [0.05, 0.1) is 5.75 Å². The number of rotatable bonds is 7. The van der Waals surface area contributed by atoms with Gasteiger partial charge in [-0.15, -0.1) is 10.2 Å². The summed E-state index contributed by atoms with van der Waals surface area (Å²) in [4.78, 5) is 31.3. The summed E-state index contributed by atoms with van der Waals surface area (Å²) in [5.41, 5.74) is 2.19. The van der Waals surface area contributed by atoms with Crippen molar-refractivity contribution >= 4 is 29.4 Å². The quantitative estimate of drug-likeness (QED) is 0.537. The lowest BCUT2D eigenvalue weighted by Crippen LogP contribution is -2.42. The van der Waals surface area contributed by atoms with Gasteiger partial charge in [0, 0.05) is 37.3 Å². The maximum absolute atomic E-state index is 12.8. The van der Waals surface area contributed by atoms with Crippen molar-refractivity contribution in [2.45, 2.75) is 38.4 Å². The van der Waals surface area contributed by atoms with E-state index in [1.807, 2.05) is 35.2 Å². The van der Waals surface area contributed by atoms with Crippen LogP contribution in [0.15, 0.2) is 53.8 Å². The number of benzene rings is 1. The van der Waals surface area contributed by atoms with Crippen LogP contribution in [0.1, 0.15) is 25.3 Å². The second kappa shape index (κ2) is 10.6. The van der Waals surface area contributed by atoms with Gasteiger partial charge in [0.1, 0.15) is 5.82 Å². The lowest BCUT2D eigenvalue weighted by atomic mass is 9.96. The van der Waals surface area contributed by atoms with Gasteiger partial charge in [-0.25, -0.2) is 4.98 Å². The number of aromatic nitrogens is 4. The number of nitrogens with one attached hydrogen (secondary N) is 1. The van der Waals surface area contributed by atoms with Crippen LogP contribution in [-0.4, -0.2) is 55.3 Å². The summed E-state index contributed by atoms with van der Waals surface area (Å²) in [5.74, 6) is 1.61. The van der Waals surface area contributed by atoms with Crippen LogP contribution in [0, 0.1) is 12.8 Å². The number of aryl methyl sites for hydroxylation is 1. The number of thioether (sulfide) groups is 1. The number of carbonyl (C=O) groups excluding carboxylic acids is 2. The van der Waals surface area contributed by atoms with E-state index < -0.39 is 0 Å². The SMILES string of the molecule is CCn1c(SCC(=O)N2CCC(C(=O)Nc3ccccn3)CC2)nnc1-c1ccccc1C. The molecule has 1 aromatic carbocycles. The van der Waals surface area contributed by atoms with E-state index in [4.69, 9.17) is 0 Å². The Hall–Kier alpha value is -3.20. The normalized spacial score (nSPS) is 14.3. The molecule has 3 heterocycles. The first-order valence-corrected chi connectivity index (χ1v) is 12.2. The van der Waals surface area contributed by atoms with E-state index in [9.17, 15) is 9.59 Å². The minimum atomic E-state index is -0.108. The van der Waals surface area contributed by atoms with E-state index in [0.717, 1.165) is 28.7 Å². The lowest BCUT2D eigenvalue weighted by Gasteiger charge is -2.31. The predicted molar refractivity (Wildman–Crippen MR) is 129 cm³/mol. The smallest absolute Gasteiger partial charge is 0.233 e. The molecule has 0 atom stereocenters. The van der Waals surface area contributed by atoms with Gasteiger partial charge in [0.15, 0.2) is 11.0 Å². The van der Waals surface area contributed by atoms with Crippen molar-refractivity contribution in [2.24, 2.45) is 5.92 Å². The summed E-state index contributed by atoms with van der Waals surface area (Å²) in [6.07, 6.45) is 2.95. The molecule has 0 bridgehead atoms. The molecule has 0 spiro atoms. The van der Waals surface area contributed by atoms with Crippen LogP contribution < -0.4 is 5.32 Å². The molecule has 1 saturated heterocycles. The zero-order valence-electron chi connectivity index (χ0n) is 18.9. The number of pyridine rings is 1. The minimum absolute atomic E-state index is 0.0324. The first-order chi connectivity index (χ1) is 16.1. The van der Waals surface area contributed by atoms with Crippen molar-refractivity contribution in [1.29, 1.82) is 0 Å². The Kier molecular flexibility index (Phi) is 7.39. The van der Waals surface area contributed by atoms with Crippen molar-refractivity contribution in [3.05, 3.63) is 54.2 Å². The molecule has 2 aromatic heterocycles. The number of piperidine rings is 1. The Balaban J connectivity index is 1.30. The monoisotopic (exact) mass is 464 g/mol. The van der Waals surface area contributed by atoms with Gasteiger partial charge < -0.3 is 14.8 Å². The first-order valence-electron chi connectivity index (χ1n) is 11.2. The summed E-state index contributed by atoms with van der Waals surface area (Å²) in [6.45, 7) is 5.99. The highest BCUT2D eigenvalue weighted by Gasteiger charge is 2.28. The summed E-state index contributed by atoms with van der Waals surface area (Å²) >= 11 is 1.41. The molecule has 4 rings (SSSR count). The van der Waals surface area contributed by atoms with Crippen LogP contribution in [0.2, 0.25) is 0 Å². The van der Waals surface area contributed by atoms with Gasteiger partial charge >= 0.3 is 0 Å². The summed E-state index contributed by atoms with van der Waals surface area (Å²) in [6, 6.07) is 13.5. The number of amides is 2. The number of nitrogens with zero attached hydrogens (tertiary/aromatic N) is 5. The maximum Gasteiger partial charge on any atom is 0.233 e. The number of carbonyl (C=O) groups is 2. The van der Waals surface area contributed by atoms with E-state index in [2.05, 4.69) is 45.0 Å². The van der Waals surface area contributed by atoms with Gasteiger partial charge in [-0.2, -0.15) is 0 Å². The molecule has 0 radical (unpaired) electrons. The molecule has 0 saturated carbocycles. The van der Waals surface area contributed by atoms with Crippen molar-refractivity contribution < 1.29 is 9.59 Å². The lowest BCUT2D eigenvalue weighted by molar-refractivity contribution is -0.132. The molecular weight excluding hydrogens is 436 g/mol. The Morgan fingerprint density at radius 2 is 1.85 bits per heavy atom.